The van der Waals surface area contributed by atoms with E-state index in [9.17, 15) is 4.79 Å². The molecule has 1 aromatic heterocycles. The fourth-order valence-electron chi connectivity index (χ4n) is 1.65. The van der Waals surface area contributed by atoms with Crippen LogP contribution >= 0.6 is 11.6 Å². The summed E-state index contributed by atoms with van der Waals surface area (Å²) in [6.07, 6.45) is -0.00688. The molecule has 3 N–H and O–H groups in total. The van der Waals surface area contributed by atoms with Gasteiger partial charge in [0.2, 0.25) is 11.2 Å². The van der Waals surface area contributed by atoms with Gasteiger partial charge in [-0.1, -0.05) is 6.07 Å². The molecule has 7 nitrogen and oxygen atoms in total. The van der Waals surface area contributed by atoms with Gasteiger partial charge < -0.3 is 9.84 Å². The number of rotatable bonds is 5. The number of hydrazine groups is 1. The van der Waals surface area contributed by atoms with Gasteiger partial charge in [0.25, 0.3) is 0 Å². The van der Waals surface area contributed by atoms with Crippen molar-refractivity contribution in [3.8, 4) is 5.75 Å². The molecule has 0 radical (unpaired) electrons. The van der Waals surface area contributed by atoms with Crippen LogP contribution in [0.5, 0.6) is 5.75 Å². The van der Waals surface area contributed by atoms with Crippen molar-refractivity contribution in [2.45, 2.75) is 6.42 Å². The monoisotopic (exact) mass is 296 g/mol. The summed E-state index contributed by atoms with van der Waals surface area (Å²) in [7, 11) is 1.53. The average molecular weight is 297 g/mol. The number of carbonyl (C=O) groups is 1. The summed E-state index contributed by atoms with van der Waals surface area (Å²) < 4.78 is 5.20. The van der Waals surface area contributed by atoms with E-state index in [1.165, 1.54) is 7.11 Å². The molecule has 0 atom stereocenters. The molecule has 0 saturated heterocycles. The van der Waals surface area contributed by atoms with Crippen LogP contribution in [0.3, 0.4) is 0 Å². The number of methoxy groups -OCH3 is 1. The van der Waals surface area contributed by atoms with E-state index in [0.29, 0.717) is 22.5 Å². The van der Waals surface area contributed by atoms with Crippen LogP contribution in [0, 0.1) is 0 Å². The molecule has 0 bridgehead atoms. The predicted octanol–water partition coefficient (Wildman–Crippen LogP) is 1.12. The lowest BCUT2D eigenvalue weighted by Crippen LogP contribution is -2.30. The first-order valence-corrected chi connectivity index (χ1v) is 6.19. The van der Waals surface area contributed by atoms with Gasteiger partial charge in [0, 0.05) is 5.39 Å². The molecule has 20 heavy (non-hydrogen) atoms. The molecule has 0 saturated carbocycles. The molecule has 2 rings (SSSR count). The topological polar surface area (TPSA) is 96.4 Å². The highest BCUT2D eigenvalue weighted by Gasteiger charge is 2.11. The lowest BCUT2D eigenvalue weighted by Gasteiger charge is -2.11. The van der Waals surface area contributed by atoms with Crippen LogP contribution in [0.1, 0.15) is 6.42 Å². The smallest absolute Gasteiger partial charge is 0.240 e. The van der Waals surface area contributed by atoms with E-state index in [1.807, 2.05) is 0 Å². The van der Waals surface area contributed by atoms with Crippen LogP contribution in [0.25, 0.3) is 10.9 Å². The number of halogens is 1. The fourth-order valence-corrected chi connectivity index (χ4v) is 1.82. The fraction of sp³-hybridized carbons (Fsp3) is 0.250. The molecule has 0 aliphatic rings. The van der Waals surface area contributed by atoms with Gasteiger partial charge in [0.15, 0.2) is 5.82 Å². The minimum absolute atomic E-state index is 0.00688. The Hall–Kier alpha value is -2.12. The Balaban J connectivity index is 2.35. The molecule has 0 unspecified atom stereocenters. The second-order valence-electron chi connectivity index (χ2n) is 3.84. The number of aliphatic hydroxyl groups is 1. The number of para-hydroxylation sites is 1. The second-order valence-corrected chi connectivity index (χ2v) is 4.18. The van der Waals surface area contributed by atoms with Crippen molar-refractivity contribution >= 4 is 34.2 Å². The third-order valence-corrected chi connectivity index (χ3v) is 2.71. The van der Waals surface area contributed by atoms with Gasteiger partial charge in [-0.05, 0) is 23.7 Å². The van der Waals surface area contributed by atoms with Gasteiger partial charge in [-0.25, -0.2) is 4.98 Å². The summed E-state index contributed by atoms with van der Waals surface area (Å²) in [6.45, 7) is -0.230. The molecule has 0 aliphatic carbocycles. The minimum atomic E-state index is -0.363. The normalized spacial score (nSPS) is 10.3. The molecule has 1 heterocycles. The van der Waals surface area contributed by atoms with Crippen LogP contribution in [0.4, 0.5) is 5.82 Å². The molecule has 0 fully saturated rings. The molecule has 106 valence electrons. The quantitative estimate of drug-likeness (QED) is 0.565. The predicted molar refractivity (Wildman–Crippen MR) is 74.6 cm³/mol. The minimum Gasteiger partial charge on any atom is -0.494 e. The highest BCUT2D eigenvalue weighted by molar-refractivity contribution is 6.29. The maximum atomic E-state index is 11.3. The van der Waals surface area contributed by atoms with Crippen LogP contribution in [-0.2, 0) is 4.79 Å². The van der Waals surface area contributed by atoms with E-state index < -0.39 is 0 Å². The average Bonchev–Trinajstić information content (AvgIpc) is 2.44. The number of aliphatic hydroxyl groups excluding tert-OH is 1. The number of nitrogens with zero attached hydrogens (tertiary/aromatic N) is 2. The maximum absolute atomic E-state index is 11.3. The zero-order valence-electron chi connectivity index (χ0n) is 10.7. The van der Waals surface area contributed by atoms with E-state index in [4.69, 9.17) is 21.4 Å². The Morgan fingerprint density at radius 2 is 2.25 bits per heavy atom. The van der Waals surface area contributed by atoms with E-state index >= 15 is 0 Å². The van der Waals surface area contributed by atoms with Crippen LogP contribution in [0.15, 0.2) is 18.2 Å². The second kappa shape index (κ2) is 6.36. The third-order valence-electron chi connectivity index (χ3n) is 2.54. The van der Waals surface area contributed by atoms with Crippen molar-refractivity contribution < 1.29 is 14.6 Å². The number of aromatic nitrogens is 2. The Bertz CT molecular complexity index is 635. The van der Waals surface area contributed by atoms with E-state index in [-0.39, 0.29) is 24.2 Å². The van der Waals surface area contributed by atoms with Crippen molar-refractivity contribution in [2.24, 2.45) is 0 Å². The molecule has 1 aromatic carbocycles. The van der Waals surface area contributed by atoms with Crippen LogP contribution in [-0.4, -0.2) is 34.7 Å². The van der Waals surface area contributed by atoms with Gasteiger partial charge in [0.05, 0.1) is 20.1 Å². The largest absolute Gasteiger partial charge is 0.494 e. The molecule has 0 aliphatic heterocycles. The Labute approximate surface area is 119 Å². The first kappa shape index (κ1) is 14.3. The van der Waals surface area contributed by atoms with E-state index in [1.54, 1.807) is 18.2 Å². The number of ether oxygens (including phenoxy) is 1. The maximum Gasteiger partial charge on any atom is 0.240 e. The summed E-state index contributed by atoms with van der Waals surface area (Å²) in [6, 6.07) is 5.30. The standard InChI is InChI=1S/C12H13ClN4O3/c1-20-8-4-2-3-7-10(8)14-12(13)15-11(7)17-16-9(19)5-6-18/h2-4,18H,5-6H2,1H3,(H,16,19)(H,14,15,17). The number of hydrogen-bond donors (Lipinski definition) is 3. The van der Waals surface area contributed by atoms with E-state index in [0.717, 1.165) is 0 Å². The zero-order chi connectivity index (χ0) is 14.5. The van der Waals surface area contributed by atoms with Crippen molar-refractivity contribution in [3.63, 3.8) is 0 Å². The molecule has 2 aromatic rings. The number of anilines is 1. The van der Waals surface area contributed by atoms with Gasteiger partial charge in [-0.3, -0.25) is 15.6 Å². The Morgan fingerprint density at radius 1 is 1.45 bits per heavy atom. The number of hydrogen-bond acceptors (Lipinski definition) is 6. The number of nitrogens with one attached hydrogen (secondary N) is 2. The van der Waals surface area contributed by atoms with E-state index in [2.05, 4.69) is 20.8 Å². The first-order chi connectivity index (χ1) is 9.65. The van der Waals surface area contributed by atoms with Gasteiger partial charge >= 0.3 is 0 Å². The summed E-state index contributed by atoms with van der Waals surface area (Å²) in [4.78, 5) is 19.5. The molecular weight excluding hydrogens is 284 g/mol. The SMILES string of the molecule is COc1cccc2c(NNC(=O)CCO)nc(Cl)nc12. The molecular formula is C12H13ClN4O3. The van der Waals surface area contributed by atoms with Crippen molar-refractivity contribution in [2.75, 3.05) is 19.1 Å². The van der Waals surface area contributed by atoms with Gasteiger partial charge in [0.1, 0.15) is 11.3 Å². The third kappa shape index (κ3) is 3.06. The number of carbonyl (C=O) groups excluding carboxylic acids is 1. The molecule has 1 amide bonds. The number of amides is 1. The van der Waals surface area contributed by atoms with Gasteiger partial charge in [-0.2, -0.15) is 4.98 Å². The van der Waals surface area contributed by atoms with Crippen LogP contribution in [0.2, 0.25) is 5.28 Å². The number of fused-ring (bicyclic) bond motifs is 1. The summed E-state index contributed by atoms with van der Waals surface area (Å²) >= 11 is 5.86. The first-order valence-electron chi connectivity index (χ1n) is 5.81. The van der Waals surface area contributed by atoms with Crippen LogP contribution < -0.4 is 15.6 Å². The summed E-state index contributed by atoms with van der Waals surface area (Å²) in [5.74, 6) is 0.542. The summed E-state index contributed by atoms with van der Waals surface area (Å²) in [5.41, 5.74) is 5.62. The van der Waals surface area contributed by atoms with Crippen molar-refractivity contribution in [1.29, 1.82) is 0 Å². The highest BCUT2D eigenvalue weighted by Crippen LogP contribution is 2.28. The lowest BCUT2D eigenvalue weighted by molar-refractivity contribution is -0.121. The highest BCUT2D eigenvalue weighted by atomic mass is 35.5. The zero-order valence-corrected chi connectivity index (χ0v) is 11.4. The Kier molecular flexibility index (Phi) is 4.54. The van der Waals surface area contributed by atoms with Gasteiger partial charge in [-0.15, -0.1) is 0 Å². The molecule has 8 heteroatoms. The Morgan fingerprint density at radius 3 is 2.95 bits per heavy atom. The number of benzene rings is 1. The van der Waals surface area contributed by atoms with Crippen molar-refractivity contribution in [3.05, 3.63) is 23.5 Å². The molecule has 0 spiro atoms. The summed E-state index contributed by atoms with van der Waals surface area (Å²) in [5, 5.41) is 9.35. The lowest BCUT2D eigenvalue weighted by atomic mass is 10.2. The van der Waals surface area contributed by atoms with Crippen molar-refractivity contribution in [1.82, 2.24) is 15.4 Å².